The number of halogens is 1. The first-order valence-electron chi connectivity index (χ1n) is 9.42. The fourth-order valence-electron chi connectivity index (χ4n) is 2.65. The number of benzene rings is 2. The molecule has 0 saturated heterocycles. The molecule has 11 heteroatoms. The minimum Gasteiger partial charge on any atom is -0.343 e. The van der Waals surface area contributed by atoms with Gasteiger partial charge >= 0.3 is 0 Å². The third-order valence-corrected chi connectivity index (χ3v) is 6.33. The number of nitrogens with one attached hydrogen (secondary N) is 3. The van der Waals surface area contributed by atoms with Crippen LogP contribution in [0, 0.1) is 5.82 Å². The normalized spacial score (nSPS) is 11.1. The Labute approximate surface area is 179 Å². The van der Waals surface area contributed by atoms with Gasteiger partial charge in [0, 0.05) is 18.7 Å². The molecular formula is C20H23FN4O5S. The first-order chi connectivity index (χ1) is 14.7. The maximum absolute atomic E-state index is 13.6. The van der Waals surface area contributed by atoms with E-state index in [1.54, 1.807) is 13.8 Å². The van der Waals surface area contributed by atoms with E-state index in [-0.39, 0.29) is 29.1 Å². The predicted molar refractivity (Wildman–Crippen MR) is 111 cm³/mol. The zero-order valence-corrected chi connectivity index (χ0v) is 17.8. The molecule has 0 spiro atoms. The molecule has 0 aliphatic rings. The summed E-state index contributed by atoms with van der Waals surface area (Å²) in [7, 11) is -3.75. The highest BCUT2D eigenvalue weighted by Gasteiger charge is 2.22. The quantitative estimate of drug-likeness (QED) is 0.519. The number of sulfonamides is 1. The maximum atomic E-state index is 13.6. The van der Waals surface area contributed by atoms with Gasteiger partial charge in [-0.25, -0.2) is 12.8 Å². The standard InChI is InChI=1S/C20H23FN4O5S/c1-3-25(4-2)31(29,30)15-9-7-8-14(12-15)19(27)24-23-18(26)13-22-20(28)16-10-5-6-11-17(16)21/h5-12H,3-4,13H2,1-2H3,(H,22,28)(H,23,26)(H,24,27). The number of amides is 3. The van der Waals surface area contributed by atoms with Crippen molar-refractivity contribution in [3.63, 3.8) is 0 Å². The summed E-state index contributed by atoms with van der Waals surface area (Å²) in [6.45, 7) is 3.47. The lowest BCUT2D eigenvalue weighted by Crippen LogP contribution is -2.46. The summed E-state index contributed by atoms with van der Waals surface area (Å²) < 4.78 is 40.0. The van der Waals surface area contributed by atoms with Gasteiger partial charge < -0.3 is 5.32 Å². The van der Waals surface area contributed by atoms with Gasteiger partial charge in [0.15, 0.2) is 0 Å². The predicted octanol–water partition coefficient (Wildman–Crippen LogP) is 1.05. The van der Waals surface area contributed by atoms with Gasteiger partial charge in [0.1, 0.15) is 5.82 Å². The highest BCUT2D eigenvalue weighted by molar-refractivity contribution is 7.89. The average molecular weight is 450 g/mol. The van der Waals surface area contributed by atoms with Gasteiger partial charge in [0.05, 0.1) is 17.0 Å². The van der Waals surface area contributed by atoms with Crippen LogP contribution in [0.3, 0.4) is 0 Å². The van der Waals surface area contributed by atoms with Crippen molar-refractivity contribution in [3.05, 3.63) is 65.5 Å². The molecule has 2 aromatic carbocycles. The molecule has 0 bridgehead atoms. The largest absolute Gasteiger partial charge is 0.343 e. The Morgan fingerprint density at radius 3 is 2.26 bits per heavy atom. The molecule has 9 nitrogen and oxygen atoms in total. The first kappa shape index (κ1) is 24.0. The summed E-state index contributed by atoms with van der Waals surface area (Å²) in [6.07, 6.45) is 0. The molecule has 0 aliphatic carbocycles. The van der Waals surface area contributed by atoms with Gasteiger partial charge in [-0.1, -0.05) is 32.0 Å². The van der Waals surface area contributed by atoms with Crippen LogP contribution in [0.1, 0.15) is 34.6 Å². The molecule has 0 heterocycles. The zero-order chi connectivity index (χ0) is 23.0. The van der Waals surface area contributed by atoms with E-state index in [0.717, 1.165) is 6.07 Å². The van der Waals surface area contributed by atoms with Crippen molar-refractivity contribution in [2.45, 2.75) is 18.7 Å². The lowest BCUT2D eigenvalue weighted by molar-refractivity contribution is -0.120. The van der Waals surface area contributed by atoms with Gasteiger partial charge in [-0.2, -0.15) is 4.31 Å². The van der Waals surface area contributed by atoms with E-state index in [0.29, 0.717) is 0 Å². The summed E-state index contributed by atoms with van der Waals surface area (Å²) in [4.78, 5) is 36.0. The molecule has 0 aliphatic heterocycles. The number of hydrogen-bond donors (Lipinski definition) is 3. The van der Waals surface area contributed by atoms with Crippen molar-refractivity contribution < 1.29 is 27.2 Å². The highest BCUT2D eigenvalue weighted by atomic mass is 32.2. The van der Waals surface area contributed by atoms with Gasteiger partial charge in [0.25, 0.3) is 17.7 Å². The van der Waals surface area contributed by atoms with Crippen LogP contribution in [-0.4, -0.2) is 50.1 Å². The number of rotatable bonds is 8. The Balaban J connectivity index is 1.95. The Hall–Kier alpha value is -3.31. The molecule has 3 amide bonds. The van der Waals surface area contributed by atoms with Crippen molar-refractivity contribution >= 4 is 27.7 Å². The van der Waals surface area contributed by atoms with Crippen LogP contribution >= 0.6 is 0 Å². The van der Waals surface area contributed by atoms with Gasteiger partial charge in [-0.3, -0.25) is 25.2 Å². The topological polar surface area (TPSA) is 125 Å². The van der Waals surface area contributed by atoms with E-state index in [9.17, 15) is 27.2 Å². The van der Waals surface area contributed by atoms with Crippen LogP contribution in [0.25, 0.3) is 0 Å². The molecule has 0 aromatic heterocycles. The molecule has 166 valence electrons. The fraction of sp³-hybridized carbons (Fsp3) is 0.250. The molecule has 0 fully saturated rings. The van der Waals surface area contributed by atoms with E-state index < -0.39 is 40.1 Å². The van der Waals surface area contributed by atoms with E-state index in [4.69, 9.17) is 0 Å². The number of hydrogen-bond acceptors (Lipinski definition) is 5. The Morgan fingerprint density at radius 2 is 1.61 bits per heavy atom. The molecule has 0 radical (unpaired) electrons. The minimum atomic E-state index is -3.75. The zero-order valence-electron chi connectivity index (χ0n) is 17.0. The molecule has 0 atom stereocenters. The summed E-state index contributed by atoms with van der Waals surface area (Å²) >= 11 is 0. The molecule has 3 N–H and O–H groups in total. The summed E-state index contributed by atoms with van der Waals surface area (Å²) in [5.41, 5.74) is 4.04. The van der Waals surface area contributed by atoms with Crippen LogP contribution < -0.4 is 16.2 Å². The third kappa shape index (κ3) is 6.09. The Morgan fingerprint density at radius 1 is 0.935 bits per heavy atom. The minimum absolute atomic E-state index is 0.0175. The van der Waals surface area contributed by atoms with Crippen LogP contribution in [0.2, 0.25) is 0 Å². The second-order valence-corrected chi connectivity index (χ2v) is 8.22. The lowest BCUT2D eigenvalue weighted by atomic mass is 10.2. The van der Waals surface area contributed by atoms with Crippen molar-refractivity contribution in [1.29, 1.82) is 0 Å². The fourth-order valence-corrected chi connectivity index (χ4v) is 4.16. The van der Waals surface area contributed by atoms with Crippen LogP contribution in [0.4, 0.5) is 4.39 Å². The van der Waals surface area contributed by atoms with Crippen LogP contribution in [0.15, 0.2) is 53.4 Å². The van der Waals surface area contributed by atoms with Crippen molar-refractivity contribution in [1.82, 2.24) is 20.5 Å². The third-order valence-electron chi connectivity index (χ3n) is 4.28. The SMILES string of the molecule is CCN(CC)S(=O)(=O)c1cccc(C(=O)NNC(=O)CNC(=O)c2ccccc2F)c1. The number of carbonyl (C=O) groups excluding carboxylic acids is 3. The van der Waals surface area contributed by atoms with Crippen LogP contribution in [0.5, 0.6) is 0 Å². The number of hydrazine groups is 1. The van der Waals surface area contributed by atoms with Crippen LogP contribution in [-0.2, 0) is 14.8 Å². The lowest BCUT2D eigenvalue weighted by Gasteiger charge is -2.18. The monoisotopic (exact) mass is 450 g/mol. The Bertz CT molecular complexity index is 1070. The van der Waals surface area contributed by atoms with Crippen molar-refractivity contribution in [3.8, 4) is 0 Å². The van der Waals surface area contributed by atoms with Gasteiger partial charge in [-0.15, -0.1) is 0 Å². The van der Waals surface area contributed by atoms with E-state index in [1.165, 1.54) is 46.8 Å². The summed E-state index contributed by atoms with van der Waals surface area (Å²) in [6, 6.07) is 10.7. The van der Waals surface area contributed by atoms with E-state index in [2.05, 4.69) is 16.2 Å². The van der Waals surface area contributed by atoms with E-state index >= 15 is 0 Å². The number of carbonyl (C=O) groups is 3. The number of nitrogens with zero attached hydrogens (tertiary/aromatic N) is 1. The summed E-state index contributed by atoms with van der Waals surface area (Å²) in [5.74, 6) is -3.02. The second-order valence-electron chi connectivity index (χ2n) is 6.28. The molecule has 31 heavy (non-hydrogen) atoms. The first-order valence-corrected chi connectivity index (χ1v) is 10.9. The van der Waals surface area contributed by atoms with Gasteiger partial charge in [0.2, 0.25) is 10.0 Å². The average Bonchev–Trinajstić information content (AvgIpc) is 2.76. The molecule has 2 rings (SSSR count). The Kier molecular flexibility index (Phi) is 8.22. The van der Waals surface area contributed by atoms with Crippen molar-refractivity contribution in [2.24, 2.45) is 0 Å². The smallest absolute Gasteiger partial charge is 0.269 e. The second kappa shape index (κ2) is 10.6. The molecular weight excluding hydrogens is 427 g/mol. The van der Waals surface area contributed by atoms with Gasteiger partial charge in [-0.05, 0) is 30.3 Å². The molecule has 2 aromatic rings. The molecule has 0 saturated carbocycles. The maximum Gasteiger partial charge on any atom is 0.269 e. The van der Waals surface area contributed by atoms with E-state index in [1.807, 2.05) is 0 Å². The summed E-state index contributed by atoms with van der Waals surface area (Å²) in [5, 5.41) is 2.23. The van der Waals surface area contributed by atoms with Crippen molar-refractivity contribution in [2.75, 3.05) is 19.6 Å². The highest BCUT2D eigenvalue weighted by Crippen LogP contribution is 2.16. The molecule has 0 unspecified atom stereocenters.